The van der Waals surface area contributed by atoms with E-state index >= 15 is 0 Å². The van der Waals surface area contributed by atoms with Gasteiger partial charge in [-0.05, 0) is 25.0 Å². The van der Waals surface area contributed by atoms with E-state index in [0.29, 0.717) is 5.69 Å². The Kier molecular flexibility index (Phi) is 2.21. The number of halogens is 1. The van der Waals surface area contributed by atoms with Gasteiger partial charge in [-0.2, -0.15) is 0 Å². The first-order valence-corrected chi connectivity index (χ1v) is 6.43. The van der Waals surface area contributed by atoms with Crippen molar-refractivity contribution in [2.45, 2.75) is 24.2 Å². The number of para-hydroxylation sites is 1. The van der Waals surface area contributed by atoms with Crippen LogP contribution in [0.5, 0.6) is 0 Å². The molecule has 3 rings (SSSR count). The van der Waals surface area contributed by atoms with Gasteiger partial charge in [-0.1, -0.05) is 12.5 Å². The zero-order valence-corrected chi connectivity index (χ0v) is 9.57. The Morgan fingerprint density at radius 1 is 1.38 bits per heavy atom. The fourth-order valence-corrected chi connectivity index (χ4v) is 3.57. The van der Waals surface area contributed by atoms with Gasteiger partial charge in [-0.3, -0.25) is 4.79 Å². The minimum Gasteiger partial charge on any atom is -0.322 e. The molecule has 0 bridgehead atoms. The second kappa shape index (κ2) is 3.48. The lowest BCUT2D eigenvalue weighted by Crippen LogP contribution is -2.43. The lowest BCUT2D eigenvalue weighted by Gasteiger charge is -2.38. The minimum absolute atomic E-state index is 0.00454. The lowest BCUT2D eigenvalue weighted by molar-refractivity contribution is -0.128. The van der Waals surface area contributed by atoms with Crippen molar-refractivity contribution < 1.29 is 9.18 Å². The SMILES string of the molecule is O=C1Nc2c(F)cccc2SCC12CCC2. The van der Waals surface area contributed by atoms with Gasteiger partial charge in [0.05, 0.1) is 11.1 Å². The first kappa shape index (κ1) is 10.1. The van der Waals surface area contributed by atoms with Crippen molar-refractivity contribution in [1.29, 1.82) is 0 Å². The molecule has 0 radical (unpaired) electrons. The first-order chi connectivity index (χ1) is 7.71. The molecule has 1 aromatic carbocycles. The number of carbonyl (C=O) groups excluding carboxylic acids is 1. The van der Waals surface area contributed by atoms with Gasteiger partial charge in [-0.25, -0.2) is 4.39 Å². The van der Waals surface area contributed by atoms with Gasteiger partial charge in [0, 0.05) is 10.6 Å². The smallest absolute Gasteiger partial charge is 0.231 e. The molecule has 1 saturated carbocycles. The Balaban J connectivity index is 2.00. The maximum Gasteiger partial charge on any atom is 0.231 e. The summed E-state index contributed by atoms with van der Waals surface area (Å²) in [5, 5.41) is 2.75. The average Bonchev–Trinajstić information content (AvgIpc) is 2.35. The Labute approximate surface area is 97.6 Å². The van der Waals surface area contributed by atoms with Crippen LogP contribution in [0.4, 0.5) is 10.1 Å². The number of nitrogens with one attached hydrogen (secondary N) is 1. The highest BCUT2D eigenvalue weighted by Crippen LogP contribution is 2.49. The average molecular weight is 237 g/mol. The van der Waals surface area contributed by atoms with Crippen LogP contribution < -0.4 is 5.32 Å². The fourth-order valence-electron chi connectivity index (χ4n) is 2.25. The molecule has 1 fully saturated rings. The maximum absolute atomic E-state index is 13.6. The normalized spacial score (nSPS) is 21.9. The molecule has 0 atom stereocenters. The molecule has 0 aromatic heterocycles. The van der Waals surface area contributed by atoms with E-state index in [1.54, 1.807) is 17.8 Å². The molecule has 1 spiro atoms. The molecule has 1 amide bonds. The molecule has 1 aliphatic carbocycles. The van der Waals surface area contributed by atoms with Gasteiger partial charge in [0.25, 0.3) is 0 Å². The summed E-state index contributed by atoms with van der Waals surface area (Å²) in [7, 11) is 0. The van der Waals surface area contributed by atoms with Gasteiger partial charge in [0.1, 0.15) is 5.82 Å². The number of rotatable bonds is 0. The summed E-state index contributed by atoms with van der Waals surface area (Å²) in [6.45, 7) is 0. The minimum atomic E-state index is -0.338. The van der Waals surface area contributed by atoms with Gasteiger partial charge < -0.3 is 5.32 Å². The van der Waals surface area contributed by atoms with E-state index in [-0.39, 0.29) is 17.1 Å². The molecule has 2 aliphatic rings. The number of hydrogen-bond acceptors (Lipinski definition) is 2. The maximum atomic E-state index is 13.6. The van der Waals surface area contributed by atoms with E-state index in [1.807, 2.05) is 6.07 Å². The number of thioether (sulfide) groups is 1. The van der Waals surface area contributed by atoms with E-state index in [0.717, 1.165) is 29.9 Å². The van der Waals surface area contributed by atoms with Crippen molar-refractivity contribution in [2.75, 3.05) is 11.1 Å². The molecule has 84 valence electrons. The van der Waals surface area contributed by atoms with E-state index in [9.17, 15) is 9.18 Å². The van der Waals surface area contributed by atoms with Gasteiger partial charge >= 0.3 is 0 Å². The third kappa shape index (κ3) is 1.36. The van der Waals surface area contributed by atoms with Gasteiger partial charge in [-0.15, -0.1) is 11.8 Å². The standard InChI is InChI=1S/C12H12FNOS/c13-8-3-1-4-9-10(8)14-11(15)12(7-16-9)5-2-6-12/h1,3-4H,2,5-7H2,(H,14,15). The van der Waals surface area contributed by atoms with Crippen molar-refractivity contribution in [3.8, 4) is 0 Å². The van der Waals surface area contributed by atoms with Crippen LogP contribution in [0.15, 0.2) is 23.1 Å². The summed E-state index contributed by atoms with van der Waals surface area (Å²) >= 11 is 1.59. The van der Waals surface area contributed by atoms with E-state index in [4.69, 9.17) is 0 Å². The second-order valence-corrected chi connectivity index (χ2v) is 5.51. The molecule has 16 heavy (non-hydrogen) atoms. The van der Waals surface area contributed by atoms with Crippen LogP contribution in [0.3, 0.4) is 0 Å². The molecule has 1 heterocycles. The van der Waals surface area contributed by atoms with Gasteiger partial charge in [0.2, 0.25) is 5.91 Å². The molecule has 1 N–H and O–H groups in total. The zero-order valence-electron chi connectivity index (χ0n) is 8.75. The highest BCUT2D eigenvalue weighted by Gasteiger charge is 2.45. The Bertz CT molecular complexity index is 456. The lowest BCUT2D eigenvalue weighted by atomic mass is 9.69. The summed E-state index contributed by atoms with van der Waals surface area (Å²) in [5.41, 5.74) is 0.122. The monoisotopic (exact) mass is 237 g/mol. The molecular formula is C12H12FNOS. The van der Waals surface area contributed by atoms with Crippen LogP contribution >= 0.6 is 11.8 Å². The highest BCUT2D eigenvalue weighted by atomic mass is 32.2. The molecule has 1 aliphatic heterocycles. The largest absolute Gasteiger partial charge is 0.322 e. The number of carbonyl (C=O) groups is 1. The molecule has 0 unspecified atom stereocenters. The first-order valence-electron chi connectivity index (χ1n) is 5.44. The van der Waals surface area contributed by atoms with Crippen molar-refractivity contribution in [1.82, 2.24) is 0 Å². The zero-order chi connectivity index (χ0) is 11.2. The van der Waals surface area contributed by atoms with E-state index in [2.05, 4.69) is 5.32 Å². The highest BCUT2D eigenvalue weighted by molar-refractivity contribution is 7.99. The van der Waals surface area contributed by atoms with Gasteiger partial charge in [0.15, 0.2) is 0 Å². The van der Waals surface area contributed by atoms with Crippen molar-refractivity contribution in [3.05, 3.63) is 24.0 Å². The Hall–Kier alpha value is -1.03. The quantitative estimate of drug-likeness (QED) is 0.751. The van der Waals surface area contributed by atoms with Crippen LogP contribution in [-0.4, -0.2) is 11.7 Å². The number of fused-ring (bicyclic) bond motifs is 1. The number of anilines is 1. The molecule has 4 heteroatoms. The second-order valence-electron chi connectivity index (χ2n) is 4.49. The Morgan fingerprint density at radius 3 is 2.88 bits per heavy atom. The Morgan fingerprint density at radius 2 is 2.19 bits per heavy atom. The van der Waals surface area contributed by atoms with Crippen LogP contribution in [0, 0.1) is 11.2 Å². The predicted molar refractivity (Wildman–Crippen MR) is 62.0 cm³/mol. The summed E-state index contributed by atoms with van der Waals surface area (Å²) in [5.74, 6) is 0.430. The summed E-state index contributed by atoms with van der Waals surface area (Å²) in [6.07, 6.45) is 2.97. The molecule has 2 nitrogen and oxygen atoms in total. The predicted octanol–water partition coefficient (Wildman–Crippen LogP) is 3.04. The number of amides is 1. The number of benzene rings is 1. The van der Waals surface area contributed by atoms with Crippen molar-refractivity contribution in [2.24, 2.45) is 5.41 Å². The van der Waals surface area contributed by atoms with Crippen molar-refractivity contribution >= 4 is 23.4 Å². The van der Waals surface area contributed by atoms with Crippen molar-refractivity contribution in [3.63, 3.8) is 0 Å². The van der Waals surface area contributed by atoms with Crippen LogP contribution in [0.1, 0.15) is 19.3 Å². The summed E-state index contributed by atoms with van der Waals surface area (Å²) in [4.78, 5) is 12.9. The third-order valence-electron chi connectivity index (χ3n) is 3.51. The number of hydrogen-bond donors (Lipinski definition) is 1. The molecule has 1 aromatic rings. The third-order valence-corrected chi connectivity index (χ3v) is 4.86. The summed E-state index contributed by atoms with van der Waals surface area (Å²) < 4.78 is 13.6. The summed E-state index contributed by atoms with van der Waals surface area (Å²) in [6, 6.07) is 4.94. The van der Waals surface area contributed by atoms with E-state index in [1.165, 1.54) is 6.07 Å². The van der Waals surface area contributed by atoms with Crippen LogP contribution in [0.2, 0.25) is 0 Å². The molecule has 0 saturated heterocycles. The topological polar surface area (TPSA) is 29.1 Å². The fraction of sp³-hybridized carbons (Fsp3) is 0.417. The van der Waals surface area contributed by atoms with E-state index < -0.39 is 0 Å². The van der Waals surface area contributed by atoms with Crippen LogP contribution in [-0.2, 0) is 4.79 Å². The molecular weight excluding hydrogens is 225 g/mol. The van der Waals surface area contributed by atoms with Crippen LogP contribution in [0.25, 0.3) is 0 Å².